The topological polar surface area (TPSA) is 146 Å². The molecule has 1 saturated heterocycles. The third-order valence-electron chi connectivity index (χ3n) is 3.57. The fraction of sp³-hybridized carbons (Fsp3) is 0.583. The first-order valence-electron chi connectivity index (χ1n) is 6.86. The molecule has 10 heteroatoms. The molecule has 0 aliphatic carbocycles. The highest BCUT2D eigenvalue weighted by Gasteiger charge is 2.45. The molecule has 3 heterocycles. The number of imidazole rings is 1. The Bertz CT molecular complexity index is 677. The molecule has 2 aromatic rings. The summed E-state index contributed by atoms with van der Waals surface area (Å²) in [5, 5.41) is 42.1. The number of hydrogen-bond donors (Lipinski definition) is 5. The van der Waals surface area contributed by atoms with E-state index in [1.54, 1.807) is 0 Å². The molecule has 0 radical (unpaired) electrons. The Morgan fingerprint density at radius 3 is 2.73 bits per heavy atom. The van der Waals surface area contributed by atoms with Crippen molar-refractivity contribution in [2.75, 3.05) is 18.5 Å². The minimum absolute atomic E-state index is 0.248. The smallest absolute Gasteiger partial charge is 0.298 e. The van der Waals surface area contributed by atoms with Crippen molar-refractivity contribution in [3.63, 3.8) is 0 Å². The summed E-state index contributed by atoms with van der Waals surface area (Å²) in [6, 6.07) is -0.426. The van der Waals surface area contributed by atoms with E-state index < -0.39 is 37.2 Å². The van der Waals surface area contributed by atoms with Gasteiger partial charge >= 0.3 is 0 Å². The lowest BCUT2D eigenvalue weighted by Gasteiger charge is -2.17. The minimum Gasteiger partial charge on any atom is -0.480 e. The first kappa shape index (κ1) is 14.9. The van der Waals surface area contributed by atoms with E-state index in [1.165, 1.54) is 10.9 Å². The molecule has 2 aromatic heterocycles. The summed E-state index contributed by atoms with van der Waals surface area (Å²) in [6.45, 7) is 2.03. The van der Waals surface area contributed by atoms with Crippen LogP contribution in [-0.4, -0.2) is 71.4 Å². The monoisotopic (exact) mass is 311 g/mol. The number of aliphatic hydroxyl groups is 3. The van der Waals surface area contributed by atoms with E-state index in [4.69, 9.17) is 9.84 Å². The molecule has 4 atom stereocenters. The number of anilines is 1. The lowest BCUT2D eigenvalue weighted by atomic mass is 10.1. The molecule has 10 nitrogen and oxygen atoms in total. The van der Waals surface area contributed by atoms with Crippen molar-refractivity contribution >= 4 is 17.0 Å². The number of nitrogens with zero attached hydrogens (tertiary/aromatic N) is 4. The zero-order chi connectivity index (χ0) is 15.9. The van der Waals surface area contributed by atoms with Gasteiger partial charge in [-0.25, -0.2) is 14.5 Å². The van der Waals surface area contributed by atoms with Gasteiger partial charge in [0.25, 0.3) is 6.01 Å². The van der Waals surface area contributed by atoms with Crippen molar-refractivity contribution < 1.29 is 25.2 Å². The van der Waals surface area contributed by atoms with E-state index in [1.807, 2.05) is 6.92 Å². The molecule has 120 valence electrons. The highest BCUT2D eigenvalue weighted by atomic mass is 16.6. The van der Waals surface area contributed by atoms with Crippen LogP contribution in [0.2, 0.25) is 0 Å². The molecule has 0 aromatic carbocycles. The number of rotatable bonds is 4. The molecule has 22 heavy (non-hydrogen) atoms. The van der Waals surface area contributed by atoms with Gasteiger partial charge in [0.15, 0.2) is 23.2 Å². The number of aromatic hydroxyl groups is 1. The maximum Gasteiger partial charge on any atom is 0.298 e. The van der Waals surface area contributed by atoms with Crippen LogP contribution in [0.1, 0.15) is 13.2 Å². The maximum atomic E-state index is 10.1. The fourth-order valence-electron chi connectivity index (χ4n) is 2.52. The zero-order valence-electron chi connectivity index (χ0n) is 11.8. The van der Waals surface area contributed by atoms with E-state index in [9.17, 15) is 15.3 Å². The number of ether oxygens (including phenoxy) is 1. The lowest BCUT2D eigenvalue weighted by Crippen LogP contribution is -2.33. The Labute approximate surface area is 125 Å². The largest absolute Gasteiger partial charge is 0.480 e. The van der Waals surface area contributed by atoms with Crippen LogP contribution in [0.4, 0.5) is 5.82 Å². The number of aliphatic hydroxyl groups excluding tert-OH is 3. The zero-order valence-corrected chi connectivity index (χ0v) is 11.8. The summed E-state index contributed by atoms with van der Waals surface area (Å²) < 4.78 is 6.57. The maximum absolute atomic E-state index is 10.1. The van der Waals surface area contributed by atoms with Crippen molar-refractivity contribution in [3.8, 4) is 6.01 Å². The molecule has 0 bridgehead atoms. The molecule has 1 aliphatic heterocycles. The SMILES string of the molecule is CCNc1ncnc2c1nc(O)n2[C@@H]1O[C@H](CO)[C@@H](O)[C@H]1O. The Morgan fingerprint density at radius 2 is 2.09 bits per heavy atom. The number of nitrogens with one attached hydrogen (secondary N) is 1. The summed E-state index contributed by atoms with van der Waals surface area (Å²) >= 11 is 0. The van der Waals surface area contributed by atoms with E-state index >= 15 is 0 Å². The van der Waals surface area contributed by atoms with Crippen LogP contribution in [-0.2, 0) is 4.74 Å². The second-order valence-electron chi connectivity index (χ2n) is 4.94. The molecule has 3 rings (SSSR count). The van der Waals surface area contributed by atoms with Gasteiger partial charge in [0.05, 0.1) is 6.61 Å². The van der Waals surface area contributed by atoms with Gasteiger partial charge in [-0.05, 0) is 6.92 Å². The van der Waals surface area contributed by atoms with Crippen LogP contribution in [0.25, 0.3) is 11.2 Å². The summed E-state index contributed by atoms with van der Waals surface area (Å²) in [6.07, 6.45) is -3.38. The van der Waals surface area contributed by atoms with Crippen LogP contribution in [0.3, 0.4) is 0 Å². The van der Waals surface area contributed by atoms with Gasteiger partial charge in [-0.3, -0.25) is 0 Å². The number of fused-ring (bicyclic) bond motifs is 1. The molecule has 1 fully saturated rings. The van der Waals surface area contributed by atoms with E-state index in [2.05, 4.69) is 20.3 Å². The number of aromatic nitrogens is 4. The molecule has 0 saturated carbocycles. The van der Waals surface area contributed by atoms with Crippen LogP contribution in [0, 0.1) is 0 Å². The van der Waals surface area contributed by atoms with Crippen molar-refractivity contribution in [2.45, 2.75) is 31.5 Å². The molecule has 5 N–H and O–H groups in total. The predicted molar refractivity (Wildman–Crippen MR) is 74.2 cm³/mol. The Morgan fingerprint density at radius 1 is 1.32 bits per heavy atom. The molecule has 0 spiro atoms. The standard InChI is InChI=1S/C12H17N5O5/c1-2-13-9-6-10(15-4-14-9)17(12(21)16-6)11-8(20)7(19)5(3-18)22-11/h4-5,7-8,11,18-20H,2-3H2,1H3,(H,16,21)(H,13,14,15)/t5-,7-,8-,11-/m1/s1. The lowest BCUT2D eigenvalue weighted by molar-refractivity contribution is -0.0537. The Balaban J connectivity index is 2.08. The van der Waals surface area contributed by atoms with Gasteiger partial charge < -0.3 is 30.5 Å². The van der Waals surface area contributed by atoms with Gasteiger partial charge in [-0.2, -0.15) is 4.98 Å². The first-order chi connectivity index (χ1) is 10.6. The van der Waals surface area contributed by atoms with Crippen molar-refractivity contribution in [1.82, 2.24) is 19.5 Å². The second-order valence-corrected chi connectivity index (χ2v) is 4.94. The third-order valence-corrected chi connectivity index (χ3v) is 3.57. The van der Waals surface area contributed by atoms with E-state index in [0.29, 0.717) is 17.9 Å². The predicted octanol–water partition coefficient (Wildman–Crippen LogP) is -1.42. The van der Waals surface area contributed by atoms with Gasteiger partial charge in [0.2, 0.25) is 0 Å². The molecular formula is C12H17N5O5. The molecule has 0 unspecified atom stereocenters. The van der Waals surface area contributed by atoms with Crippen molar-refractivity contribution in [2.24, 2.45) is 0 Å². The Hall–Kier alpha value is -2.01. The minimum atomic E-state index is -1.34. The van der Waals surface area contributed by atoms with Crippen molar-refractivity contribution in [3.05, 3.63) is 6.33 Å². The van der Waals surface area contributed by atoms with Gasteiger partial charge in [-0.15, -0.1) is 0 Å². The fourth-order valence-corrected chi connectivity index (χ4v) is 2.52. The van der Waals surface area contributed by atoms with Gasteiger partial charge in [0, 0.05) is 6.54 Å². The second kappa shape index (κ2) is 5.65. The van der Waals surface area contributed by atoms with E-state index in [-0.39, 0.29) is 5.65 Å². The highest BCUT2D eigenvalue weighted by Crippen LogP contribution is 2.35. The van der Waals surface area contributed by atoms with Gasteiger partial charge in [0.1, 0.15) is 24.6 Å². The third kappa shape index (κ3) is 2.16. The average Bonchev–Trinajstić information content (AvgIpc) is 2.98. The summed E-state index contributed by atoms with van der Waals surface area (Å²) in [7, 11) is 0. The Kier molecular flexibility index (Phi) is 3.83. The summed E-state index contributed by atoms with van der Waals surface area (Å²) in [5.74, 6) is 0.438. The van der Waals surface area contributed by atoms with E-state index in [0.717, 1.165) is 0 Å². The van der Waals surface area contributed by atoms with Gasteiger partial charge in [-0.1, -0.05) is 0 Å². The van der Waals surface area contributed by atoms with Crippen molar-refractivity contribution in [1.29, 1.82) is 0 Å². The number of hydrogen-bond acceptors (Lipinski definition) is 9. The van der Waals surface area contributed by atoms with Crippen LogP contribution in [0.5, 0.6) is 6.01 Å². The first-order valence-corrected chi connectivity index (χ1v) is 6.86. The summed E-state index contributed by atoms with van der Waals surface area (Å²) in [5.41, 5.74) is 0.567. The van der Waals surface area contributed by atoms with Crippen LogP contribution >= 0.6 is 0 Å². The quantitative estimate of drug-likeness (QED) is 0.459. The van der Waals surface area contributed by atoms with Crippen LogP contribution < -0.4 is 5.32 Å². The normalized spacial score (nSPS) is 28.4. The van der Waals surface area contributed by atoms with Crippen LogP contribution in [0.15, 0.2) is 6.33 Å². The highest BCUT2D eigenvalue weighted by molar-refractivity contribution is 5.83. The average molecular weight is 311 g/mol. The molecule has 0 amide bonds. The molecule has 1 aliphatic rings. The summed E-state index contributed by atoms with van der Waals surface area (Å²) in [4.78, 5) is 12.1. The molecular weight excluding hydrogens is 294 g/mol.